The Morgan fingerprint density at radius 1 is 1.20 bits per heavy atom. The molecule has 0 aliphatic carbocycles. The summed E-state index contributed by atoms with van der Waals surface area (Å²) in [4.78, 5) is 43.4. The van der Waals surface area contributed by atoms with Gasteiger partial charge in [0.1, 0.15) is 5.84 Å². The van der Waals surface area contributed by atoms with Crippen molar-refractivity contribution in [2.45, 2.75) is 13.3 Å². The number of anilines is 1. The summed E-state index contributed by atoms with van der Waals surface area (Å²) in [6.45, 7) is 3.76. The van der Waals surface area contributed by atoms with E-state index in [0.29, 0.717) is 53.3 Å². The fourth-order valence-corrected chi connectivity index (χ4v) is 3.29. The second-order valence-corrected chi connectivity index (χ2v) is 7.51. The van der Waals surface area contributed by atoms with Gasteiger partial charge in [-0.05, 0) is 37.6 Å². The maximum absolute atomic E-state index is 12.5. The molecule has 12 heteroatoms. The average Bonchev–Trinajstić information content (AvgIpc) is 2.87. The lowest BCUT2D eigenvalue weighted by Crippen LogP contribution is -2.34. The zero-order valence-electron chi connectivity index (χ0n) is 19.5. The van der Waals surface area contributed by atoms with Gasteiger partial charge < -0.3 is 36.5 Å². The van der Waals surface area contributed by atoms with Gasteiger partial charge in [-0.2, -0.15) is 5.10 Å². The van der Waals surface area contributed by atoms with Gasteiger partial charge in [0, 0.05) is 37.9 Å². The first-order valence-corrected chi connectivity index (χ1v) is 10.9. The van der Waals surface area contributed by atoms with Gasteiger partial charge in [0.2, 0.25) is 0 Å². The van der Waals surface area contributed by atoms with Crippen LogP contribution in [0.2, 0.25) is 0 Å². The smallest absolute Gasteiger partial charge is 0.316 e. The predicted octanol–water partition coefficient (Wildman–Crippen LogP) is 0.734. The predicted molar refractivity (Wildman–Crippen MR) is 136 cm³/mol. The van der Waals surface area contributed by atoms with E-state index in [4.69, 9.17) is 16.3 Å². The number of aromatic amines is 1. The molecule has 35 heavy (non-hydrogen) atoms. The molecule has 12 nitrogen and oxygen atoms in total. The zero-order chi connectivity index (χ0) is 25.4. The molecule has 0 saturated carbocycles. The molecule has 1 aromatic heterocycles. The van der Waals surface area contributed by atoms with Gasteiger partial charge in [-0.1, -0.05) is 12.1 Å². The van der Waals surface area contributed by atoms with Crippen LogP contribution >= 0.6 is 0 Å². The number of amides is 1. The van der Waals surface area contributed by atoms with Crippen molar-refractivity contribution in [1.29, 1.82) is 0 Å². The summed E-state index contributed by atoms with van der Waals surface area (Å²) in [5.74, 6) is 4.94. The first-order chi connectivity index (χ1) is 16.8. The van der Waals surface area contributed by atoms with Crippen molar-refractivity contribution in [3.05, 3.63) is 68.2 Å². The first-order valence-electron chi connectivity index (χ1n) is 10.9. The number of rotatable bonds is 10. The Morgan fingerprint density at radius 2 is 1.91 bits per heavy atom. The number of hydrazone groups is 1. The summed E-state index contributed by atoms with van der Waals surface area (Å²) < 4.78 is 6.64. The van der Waals surface area contributed by atoms with Crippen molar-refractivity contribution in [3.63, 3.8) is 0 Å². The quantitative estimate of drug-likeness (QED) is 0.0708. The number of H-pyrrole nitrogens is 1. The molecule has 0 spiro atoms. The fourth-order valence-electron chi connectivity index (χ4n) is 3.29. The first kappa shape index (κ1) is 25.2. The number of amidine groups is 1. The monoisotopic (exact) mass is 480 g/mol. The number of nitrogens with two attached hydrogens (primary N) is 2. The van der Waals surface area contributed by atoms with Crippen molar-refractivity contribution in [3.8, 4) is 0 Å². The summed E-state index contributed by atoms with van der Waals surface area (Å²) in [5.41, 5.74) is 7.30. The van der Waals surface area contributed by atoms with Crippen LogP contribution in [0.15, 0.2) is 56.1 Å². The van der Waals surface area contributed by atoms with Gasteiger partial charge in [0.25, 0.3) is 5.91 Å². The van der Waals surface area contributed by atoms with E-state index in [1.165, 1.54) is 18.0 Å². The van der Waals surface area contributed by atoms with Crippen molar-refractivity contribution < 1.29 is 9.53 Å². The highest BCUT2D eigenvalue weighted by atomic mass is 16.5. The van der Waals surface area contributed by atoms with Crippen LogP contribution in [-0.4, -0.2) is 47.4 Å². The Morgan fingerprint density at radius 3 is 2.60 bits per heavy atom. The lowest BCUT2D eigenvalue weighted by molar-refractivity contribution is 0.0978. The van der Waals surface area contributed by atoms with Gasteiger partial charge in [-0.15, -0.1) is 0 Å². The zero-order valence-corrected chi connectivity index (χ0v) is 19.5. The minimum atomic E-state index is -0.732. The highest BCUT2D eigenvalue weighted by Gasteiger charge is 2.10. The maximum atomic E-state index is 12.5. The van der Waals surface area contributed by atoms with E-state index in [1.807, 2.05) is 6.92 Å². The molecule has 0 bridgehead atoms. The number of aliphatic imine (C=N–C) groups is 1. The third kappa shape index (κ3) is 6.12. The van der Waals surface area contributed by atoms with E-state index >= 15 is 0 Å². The lowest BCUT2D eigenvalue weighted by Gasteiger charge is -2.12. The van der Waals surface area contributed by atoms with Crippen molar-refractivity contribution in [1.82, 2.24) is 14.9 Å². The van der Waals surface area contributed by atoms with Gasteiger partial charge in [0.15, 0.2) is 0 Å². The van der Waals surface area contributed by atoms with Crippen molar-refractivity contribution in [2.24, 2.45) is 28.7 Å². The molecule has 7 N–H and O–H groups in total. The largest absolute Gasteiger partial charge is 0.383 e. The number of aromatic nitrogens is 2. The molecule has 1 heterocycles. The van der Waals surface area contributed by atoms with E-state index in [2.05, 4.69) is 25.7 Å². The molecule has 0 saturated heterocycles. The fraction of sp³-hybridized carbons (Fsp3) is 0.261. The molecular weight excluding hydrogens is 452 g/mol. The molecule has 1 amide bonds. The second kappa shape index (κ2) is 11.6. The van der Waals surface area contributed by atoms with E-state index in [1.54, 1.807) is 36.4 Å². The Bertz CT molecular complexity index is 1370. The number of aryl methyl sites for hydroxylation is 1. The maximum Gasteiger partial charge on any atom is 0.316 e. The van der Waals surface area contributed by atoms with Gasteiger partial charge in [-0.25, -0.2) is 4.99 Å². The summed E-state index contributed by atoms with van der Waals surface area (Å²) in [6.07, 6.45) is 2.02. The van der Waals surface area contributed by atoms with E-state index in [9.17, 15) is 14.4 Å². The van der Waals surface area contributed by atoms with Crippen LogP contribution in [0.1, 0.15) is 29.3 Å². The van der Waals surface area contributed by atoms with Crippen molar-refractivity contribution >= 4 is 40.5 Å². The summed E-state index contributed by atoms with van der Waals surface area (Å²) in [5, 5.41) is 9.30. The van der Waals surface area contributed by atoms with E-state index in [0.717, 1.165) is 6.42 Å². The number of carbonyl (C=O) groups excluding carboxylic acids is 1. The Hall–Kier alpha value is -4.45. The number of fused-ring (bicyclic) bond motifs is 1. The third-order valence-corrected chi connectivity index (χ3v) is 5.19. The average molecular weight is 481 g/mol. The highest BCUT2D eigenvalue weighted by molar-refractivity contribution is 6.03. The van der Waals surface area contributed by atoms with Crippen LogP contribution in [0.25, 0.3) is 11.0 Å². The normalized spacial score (nSPS) is 11.8. The molecule has 184 valence electrons. The number of ether oxygens (including phenoxy) is 1. The molecule has 0 aliphatic rings. The summed E-state index contributed by atoms with van der Waals surface area (Å²) in [7, 11) is 1.53. The molecular formula is C23H28N8O4. The molecule has 0 aliphatic heterocycles. The topological polar surface area (TPSA) is 182 Å². The highest BCUT2D eigenvalue weighted by Crippen LogP contribution is 2.28. The van der Waals surface area contributed by atoms with E-state index in [-0.39, 0.29) is 11.7 Å². The molecule has 0 fully saturated rings. The molecule has 0 atom stereocenters. The SMILES string of the molecule is CCOCCCNc1cc2c(cc1N=CNC(=O)c1ccc(/C(N)=N/N)cc1)[nH]c(=O)c(=O)n2C. The number of nitrogens with one attached hydrogen (secondary N) is 3. The summed E-state index contributed by atoms with van der Waals surface area (Å²) >= 11 is 0. The minimum Gasteiger partial charge on any atom is -0.383 e. The lowest BCUT2D eigenvalue weighted by atomic mass is 10.1. The molecule has 0 radical (unpaired) electrons. The van der Waals surface area contributed by atoms with Crippen LogP contribution in [-0.2, 0) is 11.8 Å². The Kier molecular flexibility index (Phi) is 8.35. The van der Waals surface area contributed by atoms with E-state index < -0.39 is 11.1 Å². The minimum absolute atomic E-state index is 0.159. The Labute approximate surface area is 200 Å². The standard InChI is InChI=1S/C23H28N8O4/c1-3-35-10-4-9-26-17-12-19-18(29-22(33)23(34)31(19)2)11-16(17)27-13-28-21(32)15-7-5-14(6-8-15)20(24)30-25/h5-8,11-13,26H,3-4,9-10,25H2,1-2H3,(H2,24,30)(H,29,33)(H,27,28,32). The number of benzene rings is 2. The van der Waals surface area contributed by atoms with Gasteiger partial charge >= 0.3 is 11.1 Å². The summed E-state index contributed by atoms with van der Waals surface area (Å²) in [6, 6.07) is 9.79. The van der Waals surface area contributed by atoms with Crippen LogP contribution in [0, 0.1) is 0 Å². The molecule has 3 aromatic rings. The number of hydrogen-bond acceptors (Lipinski definition) is 8. The molecule has 2 aromatic carbocycles. The van der Waals surface area contributed by atoms with Crippen LogP contribution < -0.4 is 33.3 Å². The Balaban J connectivity index is 1.84. The van der Waals surface area contributed by atoms with Crippen LogP contribution in [0.4, 0.5) is 11.4 Å². The third-order valence-electron chi connectivity index (χ3n) is 5.19. The van der Waals surface area contributed by atoms with Gasteiger partial charge in [0.05, 0.1) is 28.7 Å². The second-order valence-electron chi connectivity index (χ2n) is 7.51. The number of hydrogen-bond donors (Lipinski definition) is 5. The molecule has 0 unspecified atom stereocenters. The number of carbonyl (C=O) groups is 1. The molecule has 3 rings (SSSR count). The van der Waals surface area contributed by atoms with Crippen LogP contribution in [0.5, 0.6) is 0 Å². The number of nitrogens with zero attached hydrogens (tertiary/aromatic N) is 3. The van der Waals surface area contributed by atoms with Gasteiger partial charge in [-0.3, -0.25) is 14.4 Å². The van der Waals surface area contributed by atoms with Crippen LogP contribution in [0.3, 0.4) is 0 Å². The van der Waals surface area contributed by atoms with Crippen molar-refractivity contribution in [2.75, 3.05) is 25.1 Å².